The first kappa shape index (κ1) is 12.6. The van der Waals surface area contributed by atoms with Gasteiger partial charge in [0, 0.05) is 43.8 Å². The predicted octanol–water partition coefficient (Wildman–Crippen LogP) is 0.391. The first-order chi connectivity index (χ1) is 8.65. The lowest BCUT2D eigenvalue weighted by Gasteiger charge is -2.16. The van der Waals surface area contributed by atoms with Crippen LogP contribution in [-0.2, 0) is 4.79 Å². The molecular formula is C13H16N2O3. The number of rotatable bonds is 3. The SMILES string of the molecule is CNC(=O)c1ccc(N2CC(CO)CC2=O)cc1. The fourth-order valence-electron chi connectivity index (χ4n) is 2.09. The molecule has 1 unspecified atom stereocenters. The van der Waals surface area contributed by atoms with E-state index in [0.29, 0.717) is 18.5 Å². The van der Waals surface area contributed by atoms with E-state index >= 15 is 0 Å². The Morgan fingerprint density at radius 3 is 2.61 bits per heavy atom. The van der Waals surface area contributed by atoms with Gasteiger partial charge in [0.1, 0.15) is 0 Å². The maximum atomic E-state index is 11.8. The molecular weight excluding hydrogens is 232 g/mol. The number of anilines is 1. The molecule has 2 amide bonds. The van der Waals surface area contributed by atoms with E-state index in [-0.39, 0.29) is 24.3 Å². The molecule has 1 aliphatic rings. The number of hydrogen-bond donors (Lipinski definition) is 2. The lowest BCUT2D eigenvalue weighted by atomic mass is 10.1. The predicted molar refractivity (Wildman–Crippen MR) is 67.4 cm³/mol. The van der Waals surface area contributed by atoms with Crippen LogP contribution in [-0.4, -0.2) is 37.1 Å². The van der Waals surface area contributed by atoms with E-state index < -0.39 is 0 Å². The Balaban J connectivity index is 2.15. The first-order valence-electron chi connectivity index (χ1n) is 5.89. The third-order valence-electron chi connectivity index (χ3n) is 3.13. The van der Waals surface area contributed by atoms with E-state index in [2.05, 4.69) is 5.32 Å². The molecule has 0 aliphatic carbocycles. The van der Waals surface area contributed by atoms with Crippen molar-refractivity contribution in [1.82, 2.24) is 5.32 Å². The highest BCUT2D eigenvalue weighted by atomic mass is 16.3. The summed E-state index contributed by atoms with van der Waals surface area (Å²) in [5.74, 6) is -0.125. The van der Waals surface area contributed by atoms with Crippen LogP contribution in [0, 0.1) is 5.92 Å². The van der Waals surface area contributed by atoms with Crippen LogP contribution in [0.15, 0.2) is 24.3 Å². The molecule has 1 saturated heterocycles. The van der Waals surface area contributed by atoms with E-state index in [1.54, 1.807) is 36.2 Å². The monoisotopic (exact) mass is 248 g/mol. The second kappa shape index (κ2) is 5.18. The molecule has 1 heterocycles. The molecule has 1 aliphatic heterocycles. The number of benzene rings is 1. The highest BCUT2D eigenvalue weighted by molar-refractivity contribution is 5.97. The summed E-state index contributed by atoms with van der Waals surface area (Å²) < 4.78 is 0. The molecule has 0 radical (unpaired) electrons. The number of nitrogens with one attached hydrogen (secondary N) is 1. The molecule has 1 aromatic carbocycles. The highest BCUT2D eigenvalue weighted by Crippen LogP contribution is 2.24. The molecule has 0 bridgehead atoms. The van der Waals surface area contributed by atoms with E-state index in [4.69, 9.17) is 5.11 Å². The quantitative estimate of drug-likeness (QED) is 0.813. The topological polar surface area (TPSA) is 69.6 Å². The Kier molecular flexibility index (Phi) is 3.62. The van der Waals surface area contributed by atoms with Gasteiger partial charge in [-0.05, 0) is 24.3 Å². The van der Waals surface area contributed by atoms with E-state index in [1.165, 1.54) is 0 Å². The maximum absolute atomic E-state index is 11.8. The zero-order chi connectivity index (χ0) is 13.1. The molecule has 5 heteroatoms. The Bertz CT molecular complexity index is 456. The summed E-state index contributed by atoms with van der Waals surface area (Å²) in [6.07, 6.45) is 0.383. The number of aliphatic hydroxyl groups excluding tert-OH is 1. The van der Waals surface area contributed by atoms with E-state index in [1.807, 2.05) is 0 Å². The van der Waals surface area contributed by atoms with E-state index in [0.717, 1.165) is 5.69 Å². The number of amides is 2. The van der Waals surface area contributed by atoms with Crippen LogP contribution in [0.3, 0.4) is 0 Å². The van der Waals surface area contributed by atoms with Gasteiger partial charge in [0.2, 0.25) is 5.91 Å². The van der Waals surface area contributed by atoms with Gasteiger partial charge in [-0.1, -0.05) is 0 Å². The van der Waals surface area contributed by atoms with Crippen molar-refractivity contribution in [3.63, 3.8) is 0 Å². The number of carbonyl (C=O) groups excluding carboxylic acids is 2. The number of nitrogens with zero attached hydrogens (tertiary/aromatic N) is 1. The van der Waals surface area contributed by atoms with Gasteiger partial charge < -0.3 is 15.3 Å². The number of aliphatic hydroxyl groups is 1. The van der Waals surface area contributed by atoms with Crippen molar-refractivity contribution < 1.29 is 14.7 Å². The number of carbonyl (C=O) groups is 2. The summed E-state index contributed by atoms with van der Waals surface area (Å²) in [6.45, 7) is 0.563. The molecule has 0 aromatic heterocycles. The van der Waals surface area contributed by atoms with E-state index in [9.17, 15) is 9.59 Å². The molecule has 18 heavy (non-hydrogen) atoms. The van der Waals surface area contributed by atoms with Gasteiger partial charge in [-0.25, -0.2) is 0 Å². The second-order valence-electron chi connectivity index (χ2n) is 4.38. The van der Waals surface area contributed by atoms with Crippen molar-refractivity contribution in [3.05, 3.63) is 29.8 Å². The summed E-state index contributed by atoms with van der Waals surface area (Å²) in [6, 6.07) is 6.88. The van der Waals surface area contributed by atoms with Crippen LogP contribution in [0.4, 0.5) is 5.69 Å². The van der Waals surface area contributed by atoms with Gasteiger partial charge in [0.25, 0.3) is 5.91 Å². The minimum atomic E-state index is -0.150. The maximum Gasteiger partial charge on any atom is 0.251 e. The Labute approximate surface area is 105 Å². The minimum Gasteiger partial charge on any atom is -0.396 e. The Morgan fingerprint density at radius 1 is 1.44 bits per heavy atom. The average Bonchev–Trinajstić information content (AvgIpc) is 2.79. The minimum absolute atomic E-state index is 0.0103. The third-order valence-corrected chi connectivity index (χ3v) is 3.13. The average molecular weight is 248 g/mol. The third kappa shape index (κ3) is 2.36. The molecule has 1 aromatic rings. The van der Waals surface area contributed by atoms with Crippen molar-refractivity contribution in [2.24, 2.45) is 5.92 Å². The Morgan fingerprint density at radius 2 is 2.11 bits per heavy atom. The van der Waals surface area contributed by atoms with Crippen molar-refractivity contribution in [2.75, 3.05) is 25.1 Å². The van der Waals surface area contributed by atoms with Crippen molar-refractivity contribution >= 4 is 17.5 Å². The molecule has 0 spiro atoms. The molecule has 2 rings (SSSR count). The number of hydrogen-bond acceptors (Lipinski definition) is 3. The zero-order valence-electron chi connectivity index (χ0n) is 10.2. The van der Waals surface area contributed by atoms with Gasteiger partial charge in [0.05, 0.1) is 0 Å². The zero-order valence-corrected chi connectivity index (χ0v) is 10.2. The summed E-state index contributed by atoms with van der Waals surface area (Å²) in [4.78, 5) is 24.8. The molecule has 96 valence electrons. The highest BCUT2D eigenvalue weighted by Gasteiger charge is 2.29. The lowest BCUT2D eigenvalue weighted by Crippen LogP contribution is -2.25. The van der Waals surface area contributed by atoms with Crippen LogP contribution in [0.1, 0.15) is 16.8 Å². The van der Waals surface area contributed by atoms with Crippen LogP contribution < -0.4 is 10.2 Å². The van der Waals surface area contributed by atoms with Crippen LogP contribution in [0.5, 0.6) is 0 Å². The summed E-state index contributed by atoms with van der Waals surface area (Å²) in [7, 11) is 1.58. The smallest absolute Gasteiger partial charge is 0.251 e. The Hall–Kier alpha value is -1.88. The van der Waals surface area contributed by atoms with Crippen molar-refractivity contribution in [3.8, 4) is 0 Å². The van der Waals surface area contributed by atoms with Crippen molar-refractivity contribution in [2.45, 2.75) is 6.42 Å². The normalized spacial score (nSPS) is 19.1. The second-order valence-corrected chi connectivity index (χ2v) is 4.38. The van der Waals surface area contributed by atoms with Crippen molar-refractivity contribution in [1.29, 1.82) is 0 Å². The first-order valence-corrected chi connectivity index (χ1v) is 5.89. The fraction of sp³-hybridized carbons (Fsp3) is 0.385. The van der Waals surface area contributed by atoms with Crippen LogP contribution >= 0.6 is 0 Å². The lowest BCUT2D eigenvalue weighted by molar-refractivity contribution is -0.117. The van der Waals surface area contributed by atoms with Gasteiger partial charge in [-0.2, -0.15) is 0 Å². The molecule has 0 saturated carbocycles. The van der Waals surface area contributed by atoms with Crippen LogP contribution in [0.25, 0.3) is 0 Å². The molecule has 5 nitrogen and oxygen atoms in total. The van der Waals surface area contributed by atoms with Gasteiger partial charge >= 0.3 is 0 Å². The van der Waals surface area contributed by atoms with Crippen LogP contribution in [0.2, 0.25) is 0 Å². The van der Waals surface area contributed by atoms with Gasteiger partial charge in [-0.15, -0.1) is 0 Å². The summed E-state index contributed by atoms with van der Waals surface area (Å²) in [5.41, 5.74) is 1.33. The molecule has 2 N–H and O–H groups in total. The molecule has 1 fully saturated rings. The standard InChI is InChI=1S/C13H16N2O3/c1-14-13(18)10-2-4-11(5-3-10)15-7-9(8-16)6-12(15)17/h2-5,9,16H,6-8H2,1H3,(H,14,18). The summed E-state index contributed by atoms with van der Waals surface area (Å²) >= 11 is 0. The molecule has 1 atom stereocenters. The largest absolute Gasteiger partial charge is 0.396 e. The fourth-order valence-corrected chi connectivity index (χ4v) is 2.09. The van der Waals surface area contributed by atoms with Gasteiger partial charge in [-0.3, -0.25) is 9.59 Å². The summed E-state index contributed by atoms with van der Waals surface area (Å²) in [5, 5.41) is 11.6. The van der Waals surface area contributed by atoms with Gasteiger partial charge in [0.15, 0.2) is 0 Å².